The van der Waals surface area contributed by atoms with Crippen molar-refractivity contribution < 1.29 is 4.79 Å². The highest BCUT2D eigenvalue weighted by molar-refractivity contribution is 7.12. The van der Waals surface area contributed by atoms with E-state index in [9.17, 15) is 4.79 Å². The maximum Gasteiger partial charge on any atom is 0.275 e. The molecule has 1 amide bonds. The van der Waals surface area contributed by atoms with Gasteiger partial charge in [0.05, 0.1) is 4.88 Å². The molecule has 0 fully saturated rings. The van der Waals surface area contributed by atoms with Crippen LogP contribution in [0.5, 0.6) is 0 Å². The predicted octanol–water partition coefficient (Wildman–Crippen LogP) is 1.78. The van der Waals surface area contributed by atoms with Gasteiger partial charge >= 0.3 is 0 Å². The highest BCUT2D eigenvalue weighted by atomic mass is 32.1. The first-order valence-electron chi connectivity index (χ1n) is 4.10. The largest absolute Gasteiger partial charge is 0.286 e. The zero-order valence-electron chi connectivity index (χ0n) is 8.05. The lowest BCUT2D eigenvalue weighted by molar-refractivity contribution is 0.0918. The lowest BCUT2D eigenvalue weighted by atomic mass is 10.1. The standard InChI is InChI=1S/C9H14N2OS/c1-9(2,3)11-10-8(12)7-5-4-6-13-7/h4-6,11H,1-3H3,(H,10,12). The van der Waals surface area contributed by atoms with Crippen LogP contribution < -0.4 is 10.9 Å². The minimum absolute atomic E-state index is 0.0788. The van der Waals surface area contributed by atoms with Crippen molar-refractivity contribution in [2.75, 3.05) is 0 Å². The van der Waals surface area contributed by atoms with Crippen LogP contribution in [-0.2, 0) is 0 Å². The van der Waals surface area contributed by atoms with E-state index in [2.05, 4.69) is 10.9 Å². The lowest BCUT2D eigenvalue weighted by Crippen LogP contribution is -2.48. The molecule has 0 unspecified atom stereocenters. The van der Waals surface area contributed by atoms with Crippen LogP contribution >= 0.6 is 11.3 Å². The van der Waals surface area contributed by atoms with E-state index >= 15 is 0 Å². The number of carbonyl (C=O) groups is 1. The van der Waals surface area contributed by atoms with Crippen molar-refractivity contribution in [1.29, 1.82) is 0 Å². The molecule has 4 heteroatoms. The molecule has 3 nitrogen and oxygen atoms in total. The third-order valence-corrected chi connectivity index (χ3v) is 2.16. The smallest absolute Gasteiger partial charge is 0.275 e. The van der Waals surface area contributed by atoms with Gasteiger partial charge in [0, 0.05) is 5.54 Å². The number of rotatable bonds is 2. The first kappa shape index (κ1) is 10.2. The minimum Gasteiger partial charge on any atom is -0.286 e. The van der Waals surface area contributed by atoms with E-state index in [1.165, 1.54) is 11.3 Å². The van der Waals surface area contributed by atoms with E-state index in [0.29, 0.717) is 0 Å². The molecule has 0 atom stereocenters. The summed E-state index contributed by atoms with van der Waals surface area (Å²) in [7, 11) is 0. The highest BCUT2D eigenvalue weighted by Gasteiger charge is 2.11. The zero-order valence-corrected chi connectivity index (χ0v) is 8.87. The number of thiophene rings is 1. The molecular formula is C9H14N2OS. The van der Waals surface area contributed by atoms with Gasteiger partial charge in [0.1, 0.15) is 0 Å². The molecule has 1 heterocycles. The van der Waals surface area contributed by atoms with Crippen molar-refractivity contribution in [3.8, 4) is 0 Å². The third-order valence-electron chi connectivity index (χ3n) is 1.30. The minimum atomic E-state index is -0.104. The maximum absolute atomic E-state index is 11.4. The fourth-order valence-corrected chi connectivity index (χ4v) is 1.33. The van der Waals surface area contributed by atoms with E-state index < -0.39 is 0 Å². The molecule has 0 aliphatic carbocycles. The van der Waals surface area contributed by atoms with Gasteiger partial charge < -0.3 is 0 Å². The maximum atomic E-state index is 11.4. The van der Waals surface area contributed by atoms with Gasteiger partial charge in [-0.25, -0.2) is 5.43 Å². The van der Waals surface area contributed by atoms with Gasteiger partial charge in [-0.1, -0.05) is 6.07 Å². The van der Waals surface area contributed by atoms with Crippen molar-refractivity contribution in [3.63, 3.8) is 0 Å². The quantitative estimate of drug-likeness (QED) is 0.711. The molecule has 0 aliphatic rings. The van der Waals surface area contributed by atoms with Crippen LogP contribution in [-0.4, -0.2) is 11.4 Å². The summed E-state index contributed by atoms with van der Waals surface area (Å²) in [5, 5.41) is 1.88. The Balaban J connectivity index is 2.44. The Labute approximate surface area is 82.1 Å². The third kappa shape index (κ3) is 3.57. The van der Waals surface area contributed by atoms with Gasteiger partial charge in [-0.15, -0.1) is 11.3 Å². The Kier molecular flexibility index (Phi) is 3.06. The highest BCUT2D eigenvalue weighted by Crippen LogP contribution is 2.07. The molecule has 72 valence electrons. The van der Waals surface area contributed by atoms with Crippen LogP contribution in [0.3, 0.4) is 0 Å². The predicted molar refractivity (Wildman–Crippen MR) is 54.7 cm³/mol. The summed E-state index contributed by atoms with van der Waals surface area (Å²) in [6.07, 6.45) is 0. The first-order chi connectivity index (χ1) is 5.99. The van der Waals surface area contributed by atoms with Crippen LogP contribution in [0.1, 0.15) is 30.4 Å². The average Bonchev–Trinajstić information content (AvgIpc) is 2.50. The Hall–Kier alpha value is -0.870. The van der Waals surface area contributed by atoms with Crippen LogP contribution in [0.25, 0.3) is 0 Å². The molecule has 0 bridgehead atoms. The molecule has 0 aromatic carbocycles. The van der Waals surface area contributed by atoms with Crippen LogP contribution in [0.4, 0.5) is 0 Å². The van der Waals surface area contributed by atoms with E-state index in [1.54, 1.807) is 6.07 Å². The molecule has 1 aromatic rings. The van der Waals surface area contributed by atoms with Crippen molar-refractivity contribution in [1.82, 2.24) is 10.9 Å². The Morgan fingerprint density at radius 3 is 2.62 bits per heavy atom. The van der Waals surface area contributed by atoms with Gasteiger partial charge in [0.25, 0.3) is 5.91 Å². The Bertz CT molecular complexity index is 274. The van der Waals surface area contributed by atoms with Gasteiger partial charge in [-0.05, 0) is 32.2 Å². The molecule has 0 radical (unpaired) electrons. The summed E-state index contributed by atoms with van der Waals surface area (Å²) in [6, 6.07) is 3.65. The molecule has 0 saturated carbocycles. The Morgan fingerprint density at radius 2 is 2.15 bits per heavy atom. The average molecular weight is 198 g/mol. The van der Waals surface area contributed by atoms with Crippen molar-refractivity contribution in [2.24, 2.45) is 0 Å². The van der Waals surface area contributed by atoms with E-state index in [1.807, 2.05) is 32.2 Å². The van der Waals surface area contributed by atoms with Crippen molar-refractivity contribution in [3.05, 3.63) is 22.4 Å². The fourth-order valence-electron chi connectivity index (χ4n) is 0.714. The summed E-state index contributed by atoms with van der Waals surface area (Å²) >= 11 is 1.43. The topological polar surface area (TPSA) is 41.1 Å². The summed E-state index contributed by atoms with van der Waals surface area (Å²) < 4.78 is 0. The number of hydrogen-bond acceptors (Lipinski definition) is 3. The second kappa shape index (κ2) is 3.89. The fraction of sp³-hybridized carbons (Fsp3) is 0.444. The SMILES string of the molecule is CC(C)(C)NNC(=O)c1cccs1. The van der Waals surface area contributed by atoms with Crippen LogP contribution in [0.15, 0.2) is 17.5 Å². The van der Waals surface area contributed by atoms with E-state index in [4.69, 9.17) is 0 Å². The van der Waals surface area contributed by atoms with Gasteiger partial charge in [0.15, 0.2) is 0 Å². The van der Waals surface area contributed by atoms with Crippen molar-refractivity contribution >= 4 is 17.2 Å². The number of amides is 1. The summed E-state index contributed by atoms with van der Waals surface area (Å²) in [6.45, 7) is 5.96. The van der Waals surface area contributed by atoms with Gasteiger partial charge in [-0.2, -0.15) is 0 Å². The number of carbonyl (C=O) groups excluding carboxylic acids is 1. The van der Waals surface area contributed by atoms with Crippen LogP contribution in [0, 0.1) is 0 Å². The molecule has 2 N–H and O–H groups in total. The first-order valence-corrected chi connectivity index (χ1v) is 4.98. The van der Waals surface area contributed by atoms with Crippen molar-refractivity contribution in [2.45, 2.75) is 26.3 Å². The summed E-state index contributed by atoms with van der Waals surface area (Å²) in [4.78, 5) is 12.1. The zero-order chi connectivity index (χ0) is 9.90. The van der Waals surface area contributed by atoms with Gasteiger partial charge in [-0.3, -0.25) is 10.2 Å². The normalized spacial score (nSPS) is 11.3. The molecule has 1 rings (SSSR count). The molecular weight excluding hydrogens is 184 g/mol. The monoisotopic (exact) mass is 198 g/mol. The molecule has 1 aromatic heterocycles. The second-order valence-electron chi connectivity index (χ2n) is 3.81. The number of hydrazine groups is 1. The van der Waals surface area contributed by atoms with E-state index in [0.717, 1.165) is 4.88 Å². The van der Waals surface area contributed by atoms with E-state index in [-0.39, 0.29) is 11.4 Å². The summed E-state index contributed by atoms with van der Waals surface area (Å²) in [5.41, 5.74) is 5.46. The number of nitrogens with one attached hydrogen (secondary N) is 2. The molecule has 0 spiro atoms. The van der Waals surface area contributed by atoms with Gasteiger partial charge in [0.2, 0.25) is 0 Å². The Morgan fingerprint density at radius 1 is 1.46 bits per heavy atom. The molecule has 13 heavy (non-hydrogen) atoms. The van der Waals surface area contributed by atoms with Crippen LogP contribution in [0.2, 0.25) is 0 Å². The molecule has 0 aliphatic heterocycles. The molecule has 0 saturated heterocycles. The number of hydrogen-bond donors (Lipinski definition) is 2. The second-order valence-corrected chi connectivity index (χ2v) is 4.75. The summed E-state index contributed by atoms with van der Waals surface area (Å²) in [5.74, 6) is -0.0788. The lowest BCUT2D eigenvalue weighted by Gasteiger charge is -2.20.